The summed E-state index contributed by atoms with van der Waals surface area (Å²) in [5.74, 6) is 0.707. The Kier molecular flexibility index (Phi) is 9.48. The Labute approximate surface area is 199 Å². The van der Waals surface area contributed by atoms with Gasteiger partial charge in [-0.1, -0.05) is 54.6 Å². The van der Waals surface area contributed by atoms with Gasteiger partial charge in [0.1, 0.15) is 0 Å². The number of benzene rings is 2. The van der Waals surface area contributed by atoms with E-state index in [4.69, 9.17) is 0 Å². The van der Waals surface area contributed by atoms with Crippen molar-refractivity contribution in [3.63, 3.8) is 0 Å². The van der Waals surface area contributed by atoms with Crippen molar-refractivity contribution >= 4 is 0 Å². The molecule has 0 unspecified atom stereocenters. The normalized spacial score (nSPS) is 16.2. The monoisotopic (exact) mass is 442 g/mol. The van der Waals surface area contributed by atoms with Crippen molar-refractivity contribution in [1.82, 2.24) is 20.9 Å². The van der Waals surface area contributed by atoms with E-state index in [1.54, 1.807) is 0 Å². The summed E-state index contributed by atoms with van der Waals surface area (Å²) in [6, 6.07) is 24.3. The zero-order valence-electron chi connectivity index (χ0n) is 19.7. The molecule has 33 heavy (non-hydrogen) atoms. The first-order valence-corrected chi connectivity index (χ1v) is 12.5. The predicted octanol–water partition coefficient (Wildman–Crippen LogP) is 4.29. The fourth-order valence-corrected chi connectivity index (χ4v) is 4.58. The van der Waals surface area contributed by atoms with Gasteiger partial charge in [-0.3, -0.25) is 4.98 Å². The summed E-state index contributed by atoms with van der Waals surface area (Å²) < 4.78 is 0. The van der Waals surface area contributed by atoms with E-state index < -0.39 is 0 Å². The van der Waals surface area contributed by atoms with Gasteiger partial charge in [-0.25, -0.2) is 0 Å². The van der Waals surface area contributed by atoms with E-state index in [1.807, 2.05) is 18.3 Å². The van der Waals surface area contributed by atoms with E-state index in [-0.39, 0.29) is 0 Å². The van der Waals surface area contributed by atoms with Crippen LogP contribution in [0, 0.1) is 5.92 Å². The SMILES string of the molecule is c1ccc(CNCc2ccc(CC3CCNCCc4cccc(c4)CCNCC3)cc2)nc1. The van der Waals surface area contributed by atoms with Crippen molar-refractivity contribution in [2.24, 2.45) is 5.92 Å². The smallest absolute Gasteiger partial charge is 0.0541 e. The Balaban J connectivity index is 1.24. The van der Waals surface area contributed by atoms with Gasteiger partial charge in [0.05, 0.1) is 5.69 Å². The molecular weight excluding hydrogens is 404 g/mol. The maximum absolute atomic E-state index is 4.37. The van der Waals surface area contributed by atoms with Crippen LogP contribution in [-0.2, 0) is 32.4 Å². The fourth-order valence-electron chi connectivity index (χ4n) is 4.58. The molecule has 2 heterocycles. The summed E-state index contributed by atoms with van der Waals surface area (Å²) in [5.41, 5.74) is 6.75. The quantitative estimate of drug-likeness (QED) is 0.533. The summed E-state index contributed by atoms with van der Waals surface area (Å²) in [6.45, 7) is 5.99. The molecular formula is C29H38N4. The zero-order valence-corrected chi connectivity index (χ0v) is 19.7. The third kappa shape index (κ3) is 8.39. The molecule has 1 aromatic heterocycles. The molecule has 2 aromatic carbocycles. The highest BCUT2D eigenvalue weighted by molar-refractivity contribution is 5.24. The van der Waals surface area contributed by atoms with Crippen LogP contribution in [0.2, 0.25) is 0 Å². The highest BCUT2D eigenvalue weighted by Gasteiger charge is 2.11. The van der Waals surface area contributed by atoms with Crippen molar-refractivity contribution in [2.45, 2.75) is 45.2 Å². The van der Waals surface area contributed by atoms with Crippen LogP contribution in [0.4, 0.5) is 0 Å². The lowest BCUT2D eigenvalue weighted by Crippen LogP contribution is -2.25. The minimum atomic E-state index is 0.707. The highest BCUT2D eigenvalue weighted by Crippen LogP contribution is 2.17. The van der Waals surface area contributed by atoms with Gasteiger partial charge in [0.25, 0.3) is 0 Å². The Bertz CT molecular complexity index is 910. The van der Waals surface area contributed by atoms with Crippen molar-refractivity contribution in [2.75, 3.05) is 26.2 Å². The van der Waals surface area contributed by atoms with Gasteiger partial charge in [0.15, 0.2) is 0 Å². The molecule has 174 valence electrons. The van der Waals surface area contributed by atoms with Gasteiger partial charge < -0.3 is 16.0 Å². The van der Waals surface area contributed by atoms with Crippen LogP contribution in [0.1, 0.15) is 40.8 Å². The third-order valence-corrected chi connectivity index (χ3v) is 6.54. The number of hydrogen-bond donors (Lipinski definition) is 3. The van der Waals surface area contributed by atoms with Crippen LogP contribution in [0.25, 0.3) is 0 Å². The van der Waals surface area contributed by atoms with E-state index in [0.29, 0.717) is 5.92 Å². The van der Waals surface area contributed by atoms with Gasteiger partial charge >= 0.3 is 0 Å². The molecule has 4 rings (SSSR count). The maximum atomic E-state index is 4.37. The van der Waals surface area contributed by atoms with Crippen molar-refractivity contribution < 1.29 is 0 Å². The molecule has 0 aliphatic carbocycles. The van der Waals surface area contributed by atoms with Gasteiger partial charge in [-0.2, -0.15) is 0 Å². The summed E-state index contributed by atoms with van der Waals surface area (Å²) in [7, 11) is 0. The molecule has 0 amide bonds. The Morgan fingerprint density at radius 3 is 2.09 bits per heavy atom. The number of rotatable bonds is 6. The number of fused-ring (bicyclic) bond motifs is 2. The van der Waals surface area contributed by atoms with Crippen LogP contribution >= 0.6 is 0 Å². The van der Waals surface area contributed by atoms with E-state index in [2.05, 4.69) is 75.5 Å². The van der Waals surface area contributed by atoms with E-state index in [9.17, 15) is 0 Å². The molecule has 4 nitrogen and oxygen atoms in total. The molecule has 0 atom stereocenters. The third-order valence-electron chi connectivity index (χ3n) is 6.54. The van der Waals surface area contributed by atoms with Crippen LogP contribution in [0.15, 0.2) is 72.9 Å². The lowest BCUT2D eigenvalue weighted by Gasteiger charge is -2.19. The van der Waals surface area contributed by atoms with Gasteiger partial charge in [0.2, 0.25) is 0 Å². The summed E-state index contributed by atoms with van der Waals surface area (Å²) in [5, 5.41) is 10.8. The van der Waals surface area contributed by atoms with E-state index in [0.717, 1.165) is 64.2 Å². The molecule has 0 saturated carbocycles. The molecule has 0 spiro atoms. The minimum Gasteiger partial charge on any atom is -0.316 e. The van der Waals surface area contributed by atoms with Gasteiger partial charge in [0, 0.05) is 19.3 Å². The molecule has 3 N–H and O–H groups in total. The molecule has 0 fully saturated rings. The topological polar surface area (TPSA) is 49.0 Å². The van der Waals surface area contributed by atoms with E-state index in [1.165, 1.54) is 35.1 Å². The average molecular weight is 443 g/mol. The van der Waals surface area contributed by atoms with Crippen LogP contribution in [0.5, 0.6) is 0 Å². The average Bonchev–Trinajstić information content (AvgIpc) is 2.85. The Morgan fingerprint density at radius 2 is 1.42 bits per heavy atom. The second kappa shape index (κ2) is 13.2. The maximum Gasteiger partial charge on any atom is 0.0541 e. The van der Waals surface area contributed by atoms with Crippen molar-refractivity contribution in [1.29, 1.82) is 0 Å². The lowest BCUT2D eigenvalue weighted by atomic mass is 9.92. The predicted molar refractivity (Wildman–Crippen MR) is 137 cm³/mol. The molecule has 3 aromatic rings. The van der Waals surface area contributed by atoms with Crippen molar-refractivity contribution in [3.8, 4) is 0 Å². The molecule has 1 aliphatic rings. The number of pyridine rings is 1. The molecule has 2 bridgehead atoms. The van der Waals surface area contributed by atoms with E-state index >= 15 is 0 Å². The number of aromatic nitrogens is 1. The molecule has 0 radical (unpaired) electrons. The first-order chi connectivity index (χ1) is 16.3. The first-order valence-electron chi connectivity index (χ1n) is 12.5. The number of hydrogen-bond acceptors (Lipinski definition) is 4. The summed E-state index contributed by atoms with van der Waals surface area (Å²) in [6.07, 6.45) is 7.69. The summed E-state index contributed by atoms with van der Waals surface area (Å²) in [4.78, 5) is 4.37. The Morgan fingerprint density at radius 1 is 0.727 bits per heavy atom. The molecule has 4 heteroatoms. The van der Waals surface area contributed by atoms with Gasteiger partial charge in [-0.05, 0) is 98.6 Å². The fraction of sp³-hybridized carbons (Fsp3) is 0.414. The molecule has 1 aliphatic heterocycles. The second-order valence-corrected chi connectivity index (χ2v) is 9.21. The number of nitrogens with one attached hydrogen (secondary N) is 3. The van der Waals surface area contributed by atoms with Crippen LogP contribution < -0.4 is 16.0 Å². The largest absolute Gasteiger partial charge is 0.316 e. The van der Waals surface area contributed by atoms with Crippen LogP contribution in [0.3, 0.4) is 0 Å². The number of nitrogens with zero attached hydrogens (tertiary/aromatic N) is 1. The standard InChI is InChI=1S/C29H38N4/c1-2-15-33-29(6-1)23-32-22-28-9-7-26(8-10-28)21-27-13-18-30-16-11-24-4-3-5-25(20-24)12-17-31-19-14-27/h1-10,15,20,27,30-32H,11-14,16-19,21-23H2. The minimum absolute atomic E-state index is 0.707. The highest BCUT2D eigenvalue weighted by atomic mass is 14.9. The second-order valence-electron chi connectivity index (χ2n) is 9.21. The van der Waals surface area contributed by atoms with Crippen molar-refractivity contribution in [3.05, 3.63) is 101 Å². The zero-order chi connectivity index (χ0) is 22.6. The first kappa shape index (κ1) is 23.6. The molecule has 0 saturated heterocycles. The summed E-state index contributed by atoms with van der Waals surface area (Å²) >= 11 is 0. The Hall–Kier alpha value is -2.53. The lowest BCUT2D eigenvalue weighted by molar-refractivity contribution is 0.420. The van der Waals surface area contributed by atoms with Gasteiger partial charge in [-0.15, -0.1) is 0 Å². The van der Waals surface area contributed by atoms with Crippen LogP contribution in [-0.4, -0.2) is 31.2 Å².